The van der Waals surface area contributed by atoms with E-state index in [1.54, 1.807) is 24.2 Å². The van der Waals surface area contributed by atoms with Crippen LogP contribution in [0.3, 0.4) is 0 Å². The van der Waals surface area contributed by atoms with Gasteiger partial charge in [0.25, 0.3) is 0 Å². The van der Waals surface area contributed by atoms with Crippen molar-refractivity contribution in [2.75, 3.05) is 12.0 Å². The van der Waals surface area contributed by atoms with Crippen molar-refractivity contribution in [3.05, 3.63) is 30.1 Å². The highest BCUT2D eigenvalue weighted by atomic mass is 32.2. The molecule has 4 nitrogen and oxygen atoms in total. The van der Waals surface area contributed by atoms with Gasteiger partial charge in [0.2, 0.25) is 5.91 Å². The van der Waals surface area contributed by atoms with Crippen LogP contribution in [0.25, 0.3) is 0 Å². The van der Waals surface area contributed by atoms with Gasteiger partial charge >= 0.3 is 0 Å². The summed E-state index contributed by atoms with van der Waals surface area (Å²) in [5.74, 6) is 0.797. The monoisotopic (exact) mass is 253 g/mol. The summed E-state index contributed by atoms with van der Waals surface area (Å²) in [6.07, 6.45) is 6.16. The number of hydrogen-bond acceptors (Lipinski definition) is 4. The van der Waals surface area contributed by atoms with E-state index in [1.165, 1.54) is 0 Å². The fourth-order valence-electron chi connectivity index (χ4n) is 1.41. The van der Waals surface area contributed by atoms with Gasteiger partial charge in [-0.05, 0) is 37.0 Å². The lowest BCUT2D eigenvalue weighted by atomic mass is 10.1. The van der Waals surface area contributed by atoms with Gasteiger partial charge in [-0.2, -0.15) is 11.8 Å². The Bertz CT molecular complexity index is 345. The van der Waals surface area contributed by atoms with E-state index in [0.29, 0.717) is 6.42 Å². The Morgan fingerprint density at radius 1 is 1.65 bits per heavy atom. The number of hydrogen-bond donors (Lipinski definition) is 2. The topological polar surface area (TPSA) is 68.0 Å². The molecule has 17 heavy (non-hydrogen) atoms. The summed E-state index contributed by atoms with van der Waals surface area (Å²) in [7, 11) is 0. The number of aromatic nitrogens is 1. The highest BCUT2D eigenvalue weighted by molar-refractivity contribution is 7.98. The second-order valence-corrected chi connectivity index (χ2v) is 4.89. The lowest BCUT2D eigenvalue weighted by molar-refractivity contribution is -0.123. The predicted octanol–water partition coefficient (Wildman–Crippen LogP) is 1.34. The maximum Gasteiger partial charge on any atom is 0.237 e. The SMILES string of the molecule is CSCC[C@H](N)C(=O)NC(C)c1cccnc1. The van der Waals surface area contributed by atoms with E-state index >= 15 is 0 Å². The zero-order valence-corrected chi connectivity index (χ0v) is 11.0. The number of pyridine rings is 1. The van der Waals surface area contributed by atoms with Crippen LogP contribution in [-0.2, 0) is 4.79 Å². The van der Waals surface area contributed by atoms with Crippen LogP contribution >= 0.6 is 11.8 Å². The van der Waals surface area contributed by atoms with Crippen molar-refractivity contribution in [2.45, 2.75) is 25.4 Å². The molecule has 0 fully saturated rings. The van der Waals surface area contributed by atoms with Gasteiger partial charge in [0.05, 0.1) is 12.1 Å². The minimum atomic E-state index is -0.429. The fourth-order valence-corrected chi connectivity index (χ4v) is 1.90. The van der Waals surface area contributed by atoms with Gasteiger partial charge in [0.15, 0.2) is 0 Å². The molecule has 0 spiro atoms. The number of thioether (sulfide) groups is 1. The summed E-state index contributed by atoms with van der Waals surface area (Å²) in [4.78, 5) is 15.8. The van der Waals surface area contributed by atoms with Crippen molar-refractivity contribution < 1.29 is 4.79 Å². The third-order valence-corrected chi connectivity index (χ3v) is 3.16. The van der Waals surface area contributed by atoms with E-state index in [4.69, 9.17) is 5.73 Å². The van der Waals surface area contributed by atoms with Gasteiger partial charge in [-0.1, -0.05) is 6.07 Å². The zero-order chi connectivity index (χ0) is 12.7. The molecule has 0 aromatic carbocycles. The molecule has 0 aliphatic carbocycles. The molecule has 1 rings (SSSR count). The normalized spacial score (nSPS) is 14.1. The standard InChI is InChI=1S/C12H19N3OS/c1-9(10-4-3-6-14-8-10)15-12(16)11(13)5-7-17-2/h3-4,6,8-9,11H,5,7,13H2,1-2H3,(H,15,16)/t9?,11-/m0/s1. The Balaban J connectivity index is 2.46. The molecular formula is C12H19N3OS. The summed E-state index contributed by atoms with van der Waals surface area (Å²) in [5, 5.41) is 2.89. The minimum absolute atomic E-state index is 0.0588. The van der Waals surface area contributed by atoms with Gasteiger partial charge in [0.1, 0.15) is 0 Å². The van der Waals surface area contributed by atoms with Gasteiger partial charge in [-0.25, -0.2) is 0 Å². The molecule has 1 aromatic rings. The van der Waals surface area contributed by atoms with E-state index in [-0.39, 0.29) is 11.9 Å². The van der Waals surface area contributed by atoms with Gasteiger partial charge in [-0.3, -0.25) is 9.78 Å². The molecule has 0 radical (unpaired) electrons. The van der Waals surface area contributed by atoms with Crippen LogP contribution in [0.4, 0.5) is 0 Å². The smallest absolute Gasteiger partial charge is 0.237 e. The van der Waals surface area contributed by atoms with E-state index < -0.39 is 6.04 Å². The predicted molar refractivity (Wildman–Crippen MR) is 71.8 cm³/mol. The molecular weight excluding hydrogens is 234 g/mol. The number of nitrogens with two attached hydrogens (primary N) is 1. The summed E-state index contributed by atoms with van der Waals surface area (Å²) in [6.45, 7) is 1.93. The van der Waals surface area contributed by atoms with Crippen LogP contribution in [0.2, 0.25) is 0 Å². The van der Waals surface area contributed by atoms with Crippen molar-refractivity contribution in [2.24, 2.45) is 5.73 Å². The third-order valence-electron chi connectivity index (χ3n) is 2.51. The van der Waals surface area contributed by atoms with Crippen LogP contribution in [0.15, 0.2) is 24.5 Å². The first-order valence-corrected chi connectivity index (χ1v) is 6.99. The Kier molecular flexibility index (Phi) is 6.00. The number of carbonyl (C=O) groups excluding carboxylic acids is 1. The quantitative estimate of drug-likeness (QED) is 0.803. The minimum Gasteiger partial charge on any atom is -0.348 e. The molecule has 94 valence electrons. The van der Waals surface area contributed by atoms with Crippen molar-refractivity contribution >= 4 is 17.7 Å². The van der Waals surface area contributed by atoms with Crippen LogP contribution in [-0.4, -0.2) is 28.9 Å². The van der Waals surface area contributed by atoms with E-state index in [1.807, 2.05) is 25.3 Å². The van der Waals surface area contributed by atoms with E-state index in [0.717, 1.165) is 11.3 Å². The Morgan fingerprint density at radius 3 is 3.00 bits per heavy atom. The Hall–Kier alpha value is -1.07. The second-order valence-electron chi connectivity index (χ2n) is 3.90. The molecule has 5 heteroatoms. The molecule has 0 saturated heterocycles. The molecule has 0 saturated carbocycles. The molecule has 2 atom stereocenters. The van der Waals surface area contributed by atoms with E-state index in [2.05, 4.69) is 10.3 Å². The maximum atomic E-state index is 11.8. The number of amides is 1. The van der Waals surface area contributed by atoms with Crippen LogP contribution in [0.1, 0.15) is 24.9 Å². The molecule has 1 unspecified atom stereocenters. The molecule has 1 heterocycles. The van der Waals surface area contributed by atoms with Crippen LogP contribution in [0.5, 0.6) is 0 Å². The highest BCUT2D eigenvalue weighted by Gasteiger charge is 2.15. The lowest BCUT2D eigenvalue weighted by Crippen LogP contribution is -2.41. The zero-order valence-electron chi connectivity index (χ0n) is 10.2. The first-order valence-electron chi connectivity index (χ1n) is 5.60. The first-order chi connectivity index (χ1) is 8.15. The van der Waals surface area contributed by atoms with Crippen molar-refractivity contribution in [3.63, 3.8) is 0 Å². The average molecular weight is 253 g/mol. The van der Waals surface area contributed by atoms with Gasteiger partial charge in [-0.15, -0.1) is 0 Å². The van der Waals surface area contributed by atoms with Crippen molar-refractivity contribution in [3.8, 4) is 0 Å². The first kappa shape index (κ1) is 14.0. The summed E-state index contributed by atoms with van der Waals surface area (Å²) in [6, 6.07) is 3.30. The molecule has 0 bridgehead atoms. The Morgan fingerprint density at radius 2 is 2.41 bits per heavy atom. The van der Waals surface area contributed by atoms with Crippen molar-refractivity contribution in [1.82, 2.24) is 10.3 Å². The second kappa shape index (κ2) is 7.29. The fraction of sp³-hybridized carbons (Fsp3) is 0.500. The molecule has 0 aliphatic rings. The average Bonchev–Trinajstić information content (AvgIpc) is 2.36. The largest absolute Gasteiger partial charge is 0.348 e. The van der Waals surface area contributed by atoms with Crippen LogP contribution in [0, 0.1) is 0 Å². The number of nitrogens with zero attached hydrogens (tertiary/aromatic N) is 1. The number of carbonyl (C=O) groups is 1. The van der Waals surface area contributed by atoms with E-state index in [9.17, 15) is 4.79 Å². The lowest BCUT2D eigenvalue weighted by Gasteiger charge is -2.17. The summed E-state index contributed by atoms with van der Waals surface area (Å²) in [5.41, 5.74) is 6.77. The number of rotatable bonds is 6. The molecule has 1 amide bonds. The summed E-state index contributed by atoms with van der Waals surface area (Å²) < 4.78 is 0. The van der Waals surface area contributed by atoms with Gasteiger partial charge in [0, 0.05) is 12.4 Å². The van der Waals surface area contributed by atoms with Crippen molar-refractivity contribution in [1.29, 1.82) is 0 Å². The maximum absolute atomic E-state index is 11.8. The van der Waals surface area contributed by atoms with Crippen LogP contribution < -0.4 is 11.1 Å². The van der Waals surface area contributed by atoms with Gasteiger partial charge < -0.3 is 11.1 Å². The highest BCUT2D eigenvalue weighted by Crippen LogP contribution is 2.10. The molecule has 3 N–H and O–H groups in total. The summed E-state index contributed by atoms with van der Waals surface area (Å²) >= 11 is 1.69. The molecule has 1 aromatic heterocycles. The Labute approximate surface area is 106 Å². The number of nitrogens with one attached hydrogen (secondary N) is 1. The third kappa shape index (κ3) is 4.75. The molecule has 0 aliphatic heterocycles.